The average Bonchev–Trinajstić information content (AvgIpc) is 2.58. The first-order valence-electron chi connectivity index (χ1n) is 8.35. The van der Waals surface area contributed by atoms with E-state index in [4.69, 9.17) is 0 Å². The van der Waals surface area contributed by atoms with E-state index < -0.39 is 0 Å². The number of hydrogen-bond acceptors (Lipinski definition) is 1. The molecule has 0 aliphatic heterocycles. The Labute approximate surface area is 140 Å². The van der Waals surface area contributed by atoms with Crippen LogP contribution in [0.5, 0.6) is 0 Å². The van der Waals surface area contributed by atoms with Crippen LogP contribution in [0.15, 0.2) is 60.7 Å². The summed E-state index contributed by atoms with van der Waals surface area (Å²) in [5.41, 5.74) is 1.40. The Hall–Kier alpha value is -1.08. The van der Waals surface area contributed by atoms with Crippen LogP contribution in [0.2, 0.25) is 4.82 Å². The van der Waals surface area contributed by atoms with Crippen molar-refractivity contribution in [1.29, 1.82) is 0 Å². The summed E-state index contributed by atoms with van der Waals surface area (Å²) >= 11 is 0.579. The van der Waals surface area contributed by atoms with Crippen molar-refractivity contribution in [2.24, 2.45) is 0 Å². The number of rotatable bonds is 5. The topological polar surface area (TPSA) is 12.0 Å². The molecular formula is C20H25NSe. The first-order valence-corrected chi connectivity index (χ1v) is 10.2. The van der Waals surface area contributed by atoms with E-state index in [-0.39, 0.29) is 0 Å². The van der Waals surface area contributed by atoms with Gasteiger partial charge in [0.15, 0.2) is 0 Å². The minimum absolute atomic E-state index is 0.443. The summed E-state index contributed by atoms with van der Waals surface area (Å²) in [5.74, 6) is 0. The SMILES string of the molecule is C[C@H](N[C@H]1CCCC[C@@H]1[Se]c1ccccc1)c1ccccc1. The molecule has 0 bridgehead atoms. The van der Waals surface area contributed by atoms with Gasteiger partial charge in [-0.2, -0.15) is 0 Å². The van der Waals surface area contributed by atoms with Crippen LogP contribution < -0.4 is 9.78 Å². The first kappa shape index (κ1) is 15.8. The van der Waals surface area contributed by atoms with Crippen molar-refractivity contribution < 1.29 is 0 Å². The van der Waals surface area contributed by atoms with Gasteiger partial charge in [0.1, 0.15) is 0 Å². The van der Waals surface area contributed by atoms with Crippen molar-refractivity contribution >= 4 is 19.4 Å². The molecule has 2 aromatic rings. The van der Waals surface area contributed by atoms with Gasteiger partial charge in [0.2, 0.25) is 0 Å². The third-order valence-corrected chi connectivity index (χ3v) is 7.46. The Morgan fingerprint density at radius 2 is 1.55 bits per heavy atom. The fraction of sp³-hybridized carbons (Fsp3) is 0.400. The van der Waals surface area contributed by atoms with Crippen molar-refractivity contribution in [2.45, 2.75) is 49.5 Å². The summed E-state index contributed by atoms with van der Waals surface area (Å²) in [7, 11) is 0. The molecule has 1 N–H and O–H groups in total. The molecule has 116 valence electrons. The van der Waals surface area contributed by atoms with E-state index in [0.717, 1.165) is 4.82 Å². The monoisotopic (exact) mass is 359 g/mol. The predicted octanol–water partition coefficient (Wildman–Crippen LogP) is 4.10. The second-order valence-corrected chi connectivity index (χ2v) is 8.91. The third-order valence-electron chi connectivity index (χ3n) is 4.50. The minimum atomic E-state index is 0.443. The summed E-state index contributed by atoms with van der Waals surface area (Å²) in [6.07, 6.45) is 5.49. The van der Waals surface area contributed by atoms with Crippen molar-refractivity contribution in [3.8, 4) is 0 Å². The normalized spacial score (nSPS) is 23.1. The summed E-state index contributed by atoms with van der Waals surface area (Å²) < 4.78 is 1.54. The van der Waals surface area contributed by atoms with E-state index in [1.54, 1.807) is 4.46 Å². The number of nitrogens with one attached hydrogen (secondary N) is 1. The zero-order valence-corrected chi connectivity index (χ0v) is 15.0. The van der Waals surface area contributed by atoms with Crippen LogP contribution in [-0.2, 0) is 0 Å². The Morgan fingerprint density at radius 1 is 0.909 bits per heavy atom. The van der Waals surface area contributed by atoms with Crippen LogP contribution in [0.25, 0.3) is 0 Å². The van der Waals surface area contributed by atoms with Crippen LogP contribution >= 0.6 is 0 Å². The molecular weight excluding hydrogens is 333 g/mol. The van der Waals surface area contributed by atoms with Gasteiger partial charge in [-0.15, -0.1) is 0 Å². The van der Waals surface area contributed by atoms with Crippen molar-refractivity contribution in [1.82, 2.24) is 5.32 Å². The van der Waals surface area contributed by atoms with Gasteiger partial charge in [0.25, 0.3) is 0 Å². The van der Waals surface area contributed by atoms with Crippen molar-refractivity contribution in [2.75, 3.05) is 0 Å². The van der Waals surface area contributed by atoms with E-state index in [2.05, 4.69) is 72.9 Å². The van der Waals surface area contributed by atoms with E-state index in [0.29, 0.717) is 27.0 Å². The van der Waals surface area contributed by atoms with E-state index >= 15 is 0 Å². The second kappa shape index (κ2) is 7.97. The van der Waals surface area contributed by atoms with Crippen LogP contribution in [-0.4, -0.2) is 21.0 Å². The molecule has 0 unspecified atom stereocenters. The molecule has 1 aliphatic carbocycles. The summed E-state index contributed by atoms with van der Waals surface area (Å²) in [4.78, 5) is 0.829. The molecule has 1 saturated carbocycles. The molecule has 2 aromatic carbocycles. The van der Waals surface area contributed by atoms with E-state index in [1.165, 1.54) is 31.2 Å². The van der Waals surface area contributed by atoms with Gasteiger partial charge in [0.05, 0.1) is 0 Å². The standard InChI is InChI=1S/C20H25NSe/c1-16(17-10-4-2-5-11-17)21-19-14-8-9-15-20(19)22-18-12-6-3-7-13-18/h2-7,10-13,16,19-21H,8-9,14-15H2,1H3/t16-,19-,20-/m0/s1. The Bertz CT molecular complexity index is 554. The molecule has 22 heavy (non-hydrogen) atoms. The molecule has 0 heterocycles. The zero-order valence-electron chi connectivity index (χ0n) is 13.2. The second-order valence-electron chi connectivity index (χ2n) is 6.16. The first-order chi connectivity index (χ1) is 10.8. The zero-order chi connectivity index (χ0) is 15.2. The van der Waals surface area contributed by atoms with Crippen LogP contribution in [0.1, 0.15) is 44.2 Å². The molecule has 3 rings (SSSR count). The fourth-order valence-electron chi connectivity index (χ4n) is 3.26. The molecule has 0 amide bonds. The van der Waals surface area contributed by atoms with Crippen LogP contribution in [0, 0.1) is 0 Å². The van der Waals surface area contributed by atoms with Gasteiger partial charge < -0.3 is 0 Å². The van der Waals surface area contributed by atoms with Gasteiger partial charge in [-0.25, -0.2) is 0 Å². The molecule has 0 aromatic heterocycles. The molecule has 1 aliphatic rings. The maximum atomic E-state index is 3.92. The molecule has 1 nitrogen and oxygen atoms in total. The van der Waals surface area contributed by atoms with Crippen molar-refractivity contribution in [3.63, 3.8) is 0 Å². The molecule has 3 atom stereocenters. The Morgan fingerprint density at radius 3 is 2.27 bits per heavy atom. The van der Waals surface area contributed by atoms with Gasteiger partial charge in [-0.3, -0.25) is 0 Å². The fourth-order valence-corrected chi connectivity index (χ4v) is 6.05. The average molecular weight is 358 g/mol. The molecule has 0 radical (unpaired) electrons. The van der Waals surface area contributed by atoms with Crippen LogP contribution in [0.4, 0.5) is 0 Å². The summed E-state index contributed by atoms with van der Waals surface area (Å²) in [6.45, 7) is 2.30. The Kier molecular flexibility index (Phi) is 5.72. The van der Waals surface area contributed by atoms with E-state index in [1.807, 2.05) is 0 Å². The van der Waals surface area contributed by atoms with Gasteiger partial charge >= 0.3 is 140 Å². The number of hydrogen-bond donors (Lipinski definition) is 1. The maximum absolute atomic E-state index is 3.92. The van der Waals surface area contributed by atoms with Gasteiger partial charge in [0, 0.05) is 0 Å². The predicted molar refractivity (Wildman–Crippen MR) is 95.8 cm³/mol. The molecule has 1 fully saturated rings. The summed E-state index contributed by atoms with van der Waals surface area (Å²) in [6, 6.07) is 23.0. The quantitative estimate of drug-likeness (QED) is 0.794. The third kappa shape index (κ3) is 4.23. The van der Waals surface area contributed by atoms with Crippen molar-refractivity contribution in [3.05, 3.63) is 66.2 Å². The molecule has 2 heteroatoms. The van der Waals surface area contributed by atoms with Gasteiger partial charge in [-0.1, -0.05) is 0 Å². The Balaban J connectivity index is 1.65. The van der Waals surface area contributed by atoms with E-state index in [9.17, 15) is 0 Å². The molecule has 0 spiro atoms. The van der Waals surface area contributed by atoms with Crippen LogP contribution in [0.3, 0.4) is 0 Å². The summed E-state index contributed by atoms with van der Waals surface area (Å²) in [5, 5.41) is 3.92. The van der Waals surface area contributed by atoms with Gasteiger partial charge in [-0.05, 0) is 0 Å². The molecule has 0 saturated heterocycles. The number of benzene rings is 2.